The lowest BCUT2D eigenvalue weighted by Gasteiger charge is -2.17. The number of Topliss-reactive ketones (excluding diaryl/α,β-unsaturated/α-hetero) is 2. The molecule has 0 unspecified atom stereocenters. The Morgan fingerprint density at radius 2 is 1.11 bits per heavy atom. The minimum absolute atomic E-state index is 0.0688. The van der Waals surface area contributed by atoms with Gasteiger partial charge in [-0.2, -0.15) is 0 Å². The first-order valence-corrected chi connectivity index (χ1v) is 9.56. The maximum absolute atomic E-state index is 11.9. The minimum Gasteiger partial charge on any atom is -0.294 e. The summed E-state index contributed by atoms with van der Waals surface area (Å²) >= 11 is 0. The Morgan fingerprint density at radius 3 is 1.59 bits per heavy atom. The standard InChI is InChI=1S/C13H18O.C12H16O/c1-10-7-5-6-8-11(10)12(14)9-13(2,3)4;1-12(2,3)9-11(13)10-7-5-4-6-8-10/h5-8H,9H2,1-4H3;4-8H,9H2,1-3H3. The van der Waals surface area contributed by atoms with Crippen LogP contribution in [0.3, 0.4) is 0 Å². The van der Waals surface area contributed by atoms with E-state index in [1.165, 1.54) is 0 Å². The number of hydrogen-bond donors (Lipinski definition) is 0. The topological polar surface area (TPSA) is 34.1 Å². The van der Waals surface area contributed by atoms with E-state index in [2.05, 4.69) is 41.5 Å². The van der Waals surface area contributed by atoms with Crippen LogP contribution < -0.4 is 0 Å². The highest BCUT2D eigenvalue weighted by Gasteiger charge is 2.18. The molecule has 0 radical (unpaired) electrons. The molecule has 0 amide bonds. The number of carbonyl (C=O) groups excluding carboxylic acids is 2. The third-order valence-electron chi connectivity index (χ3n) is 3.92. The maximum atomic E-state index is 11.9. The van der Waals surface area contributed by atoms with Crippen molar-refractivity contribution in [1.29, 1.82) is 0 Å². The first-order valence-electron chi connectivity index (χ1n) is 9.56. The summed E-state index contributed by atoms with van der Waals surface area (Å²) in [6.45, 7) is 14.5. The van der Waals surface area contributed by atoms with Crippen LogP contribution in [0.15, 0.2) is 54.6 Å². The van der Waals surface area contributed by atoms with E-state index in [1.807, 2.05) is 61.5 Å². The molecule has 2 rings (SSSR count). The van der Waals surface area contributed by atoms with E-state index in [-0.39, 0.29) is 22.4 Å². The molecule has 2 aromatic carbocycles. The molecule has 0 spiro atoms. The average molecular weight is 367 g/mol. The molecule has 0 heterocycles. The third kappa shape index (κ3) is 9.33. The third-order valence-corrected chi connectivity index (χ3v) is 3.92. The van der Waals surface area contributed by atoms with Crippen LogP contribution in [0, 0.1) is 17.8 Å². The molecular weight excluding hydrogens is 332 g/mol. The van der Waals surface area contributed by atoms with Gasteiger partial charge in [-0.1, -0.05) is 96.1 Å². The summed E-state index contributed by atoms with van der Waals surface area (Å²) < 4.78 is 0. The van der Waals surface area contributed by atoms with Crippen LogP contribution in [-0.4, -0.2) is 11.6 Å². The normalized spacial score (nSPS) is 11.4. The van der Waals surface area contributed by atoms with Crippen molar-refractivity contribution < 1.29 is 9.59 Å². The van der Waals surface area contributed by atoms with Crippen molar-refractivity contribution >= 4 is 11.6 Å². The molecule has 0 atom stereocenters. The summed E-state index contributed by atoms with van der Waals surface area (Å²) in [7, 11) is 0. The fraction of sp³-hybridized carbons (Fsp3) is 0.440. The van der Waals surface area contributed by atoms with Crippen molar-refractivity contribution in [3.05, 3.63) is 71.3 Å². The first-order chi connectivity index (χ1) is 12.4. The van der Waals surface area contributed by atoms with Crippen LogP contribution in [0.4, 0.5) is 0 Å². The molecular formula is C25H34O2. The molecule has 0 fully saturated rings. The van der Waals surface area contributed by atoms with Gasteiger partial charge in [-0.25, -0.2) is 0 Å². The average Bonchev–Trinajstić information content (AvgIpc) is 2.53. The van der Waals surface area contributed by atoms with Crippen molar-refractivity contribution in [3.8, 4) is 0 Å². The highest BCUT2D eigenvalue weighted by Crippen LogP contribution is 2.23. The molecule has 2 aromatic rings. The van der Waals surface area contributed by atoms with Crippen molar-refractivity contribution in [2.75, 3.05) is 0 Å². The van der Waals surface area contributed by atoms with Crippen LogP contribution >= 0.6 is 0 Å². The number of carbonyl (C=O) groups is 2. The molecule has 0 N–H and O–H groups in total. The predicted octanol–water partition coefficient (Wildman–Crippen LogP) is 6.92. The zero-order chi connectivity index (χ0) is 20.7. The molecule has 146 valence electrons. The van der Waals surface area contributed by atoms with Crippen LogP contribution in [-0.2, 0) is 0 Å². The Labute approximate surface area is 165 Å². The molecule has 0 aromatic heterocycles. The monoisotopic (exact) mass is 366 g/mol. The lowest BCUT2D eigenvalue weighted by Crippen LogP contribution is -2.13. The summed E-state index contributed by atoms with van der Waals surface area (Å²) in [4.78, 5) is 23.5. The van der Waals surface area contributed by atoms with Crippen molar-refractivity contribution in [2.45, 2.75) is 61.3 Å². The largest absolute Gasteiger partial charge is 0.294 e. The van der Waals surface area contributed by atoms with E-state index in [9.17, 15) is 9.59 Å². The van der Waals surface area contributed by atoms with Gasteiger partial charge >= 0.3 is 0 Å². The Morgan fingerprint density at radius 1 is 0.667 bits per heavy atom. The second kappa shape index (κ2) is 9.64. The second-order valence-electron chi connectivity index (χ2n) is 9.50. The van der Waals surface area contributed by atoms with E-state index in [0.717, 1.165) is 16.7 Å². The van der Waals surface area contributed by atoms with Gasteiger partial charge in [0.1, 0.15) is 0 Å². The lowest BCUT2D eigenvalue weighted by atomic mass is 9.87. The summed E-state index contributed by atoms with van der Waals surface area (Å²) in [5, 5.41) is 0. The van der Waals surface area contributed by atoms with Gasteiger partial charge in [-0.3, -0.25) is 9.59 Å². The van der Waals surface area contributed by atoms with Gasteiger partial charge < -0.3 is 0 Å². The Bertz CT molecular complexity index is 744. The number of rotatable bonds is 4. The van der Waals surface area contributed by atoms with Gasteiger partial charge in [0.05, 0.1) is 0 Å². The number of hydrogen-bond acceptors (Lipinski definition) is 2. The number of aryl methyl sites for hydroxylation is 1. The molecule has 2 heteroatoms. The molecule has 0 aliphatic carbocycles. The minimum atomic E-state index is 0.0688. The van der Waals surface area contributed by atoms with Crippen LogP contribution in [0.2, 0.25) is 0 Å². The lowest BCUT2D eigenvalue weighted by molar-refractivity contribution is 0.0930. The summed E-state index contributed by atoms with van der Waals surface area (Å²) in [5.41, 5.74) is 2.90. The van der Waals surface area contributed by atoms with Crippen LogP contribution in [0.5, 0.6) is 0 Å². The molecule has 0 saturated heterocycles. The fourth-order valence-corrected chi connectivity index (χ4v) is 2.67. The summed E-state index contributed by atoms with van der Waals surface area (Å²) in [5.74, 6) is 0.476. The van der Waals surface area contributed by atoms with E-state index in [0.29, 0.717) is 12.8 Å². The summed E-state index contributed by atoms with van der Waals surface area (Å²) in [6.07, 6.45) is 1.22. The fourth-order valence-electron chi connectivity index (χ4n) is 2.67. The first kappa shape index (κ1) is 22.8. The Kier molecular flexibility index (Phi) is 8.15. The SMILES string of the molecule is CC(C)(C)CC(=O)c1ccccc1.Cc1ccccc1C(=O)CC(C)(C)C. The zero-order valence-corrected chi connectivity index (χ0v) is 17.9. The van der Waals surface area contributed by atoms with Crippen molar-refractivity contribution in [1.82, 2.24) is 0 Å². The highest BCUT2D eigenvalue weighted by atomic mass is 16.1. The number of ketones is 2. The maximum Gasteiger partial charge on any atom is 0.163 e. The van der Waals surface area contributed by atoms with Gasteiger partial charge in [0.15, 0.2) is 11.6 Å². The second-order valence-corrected chi connectivity index (χ2v) is 9.50. The van der Waals surface area contributed by atoms with Crippen LogP contribution in [0.25, 0.3) is 0 Å². The van der Waals surface area contributed by atoms with Gasteiger partial charge in [0, 0.05) is 24.0 Å². The quantitative estimate of drug-likeness (QED) is 0.550. The number of benzene rings is 2. The van der Waals surface area contributed by atoms with Crippen molar-refractivity contribution in [3.63, 3.8) is 0 Å². The zero-order valence-electron chi connectivity index (χ0n) is 17.9. The Balaban J connectivity index is 0.000000271. The van der Waals surface area contributed by atoms with Crippen molar-refractivity contribution in [2.24, 2.45) is 10.8 Å². The van der Waals surface area contributed by atoms with E-state index >= 15 is 0 Å². The van der Waals surface area contributed by atoms with Crippen LogP contribution in [0.1, 0.15) is 80.7 Å². The van der Waals surface area contributed by atoms with Gasteiger partial charge in [0.25, 0.3) is 0 Å². The predicted molar refractivity (Wildman–Crippen MR) is 114 cm³/mol. The molecule has 27 heavy (non-hydrogen) atoms. The molecule has 2 nitrogen and oxygen atoms in total. The Hall–Kier alpha value is -2.22. The smallest absolute Gasteiger partial charge is 0.163 e. The molecule has 0 aliphatic heterocycles. The highest BCUT2D eigenvalue weighted by molar-refractivity contribution is 5.97. The molecule has 0 bridgehead atoms. The van der Waals surface area contributed by atoms with Gasteiger partial charge in [0.2, 0.25) is 0 Å². The van der Waals surface area contributed by atoms with E-state index < -0.39 is 0 Å². The van der Waals surface area contributed by atoms with E-state index in [4.69, 9.17) is 0 Å². The van der Waals surface area contributed by atoms with Gasteiger partial charge in [-0.05, 0) is 23.3 Å². The summed E-state index contributed by atoms with van der Waals surface area (Å²) in [6, 6.07) is 17.2. The van der Waals surface area contributed by atoms with E-state index in [1.54, 1.807) is 0 Å². The van der Waals surface area contributed by atoms with Gasteiger partial charge in [-0.15, -0.1) is 0 Å². The molecule has 0 saturated carbocycles. The molecule has 0 aliphatic rings.